The lowest BCUT2D eigenvalue weighted by Crippen LogP contribution is -2.37. The lowest BCUT2D eigenvalue weighted by Gasteiger charge is -2.21. The topological polar surface area (TPSA) is 68.5 Å². The number of hydrogen-bond donors (Lipinski definition) is 0. The van der Waals surface area contributed by atoms with Gasteiger partial charge in [-0.1, -0.05) is 16.5 Å². The number of anilines is 1. The average Bonchev–Trinajstić information content (AvgIpc) is 3.32. The molecule has 3 heterocycles. The van der Waals surface area contributed by atoms with Crippen LogP contribution in [0.3, 0.4) is 0 Å². The number of nitrogens with zero attached hydrogens (tertiary/aromatic N) is 3. The Morgan fingerprint density at radius 1 is 1.38 bits per heavy atom. The fourth-order valence-corrected chi connectivity index (χ4v) is 3.91. The molecule has 2 aromatic heterocycles. The van der Waals surface area contributed by atoms with Gasteiger partial charge in [-0.3, -0.25) is 9.69 Å². The van der Waals surface area contributed by atoms with Crippen LogP contribution in [0.1, 0.15) is 29.1 Å². The van der Waals surface area contributed by atoms with Gasteiger partial charge in [-0.05, 0) is 25.8 Å². The Hall–Kier alpha value is -2.39. The van der Waals surface area contributed by atoms with Gasteiger partial charge in [-0.25, -0.2) is 13.8 Å². The molecule has 0 saturated carbocycles. The van der Waals surface area contributed by atoms with Crippen molar-refractivity contribution in [2.75, 3.05) is 18.1 Å². The van der Waals surface area contributed by atoms with Gasteiger partial charge in [-0.15, -0.1) is 0 Å². The van der Waals surface area contributed by atoms with Crippen molar-refractivity contribution in [3.05, 3.63) is 41.3 Å². The van der Waals surface area contributed by atoms with Gasteiger partial charge in [0.2, 0.25) is 5.76 Å². The number of aromatic nitrogens is 2. The van der Waals surface area contributed by atoms with Gasteiger partial charge >= 0.3 is 0 Å². The summed E-state index contributed by atoms with van der Waals surface area (Å²) < 4.78 is 38.5. The molecule has 1 atom stereocenters. The van der Waals surface area contributed by atoms with Crippen molar-refractivity contribution in [1.82, 2.24) is 10.1 Å². The van der Waals surface area contributed by atoms with Gasteiger partial charge in [0.05, 0.1) is 23.0 Å². The lowest BCUT2D eigenvalue weighted by molar-refractivity contribution is 0.0887. The highest BCUT2D eigenvalue weighted by molar-refractivity contribution is 7.22. The number of halogens is 2. The molecule has 1 saturated heterocycles. The smallest absolute Gasteiger partial charge is 0.298 e. The summed E-state index contributed by atoms with van der Waals surface area (Å²) in [6.07, 6.45) is 1.58. The minimum Gasteiger partial charge on any atom is -0.376 e. The standard InChI is InChI=1S/C17H15F2N3O3S/c1-9-5-13(25-21-9)16(23)22(8-11-3-2-4-24-11)17-20-15-12(19)6-10(18)7-14(15)26-17/h5-7,11H,2-4,8H2,1H3/t11-/m1/s1. The number of benzene rings is 1. The van der Waals surface area contributed by atoms with E-state index in [4.69, 9.17) is 9.26 Å². The Morgan fingerprint density at radius 3 is 2.92 bits per heavy atom. The van der Waals surface area contributed by atoms with E-state index >= 15 is 0 Å². The molecule has 1 aliphatic rings. The third kappa shape index (κ3) is 3.19. The number of ether oxygens (including phenoxy) is 1. The van der Waals surface area contributed by atoms with Gasteiger partial charge in [0.1, 0.15) is 11.3 Å². The van der Waals surface area contributed by atoms with E-state index in [0.717, 1.165) is 30.2 Å². The molecule has 1 aromatic carbocycles. The molecule has 4 rings (SSSR count). The van der Waals surface area contributed by atoms with Crippen LogP contribution in [-0.2, 0) is 4.74 Å². The Morgan fingerprint density at radius 2 is 2.23 bits per heavy atom. The van der Waals surface area contributed by atoms with Crippen LogP contribution in [0.25, 0.3) is 10.2 Å². The highest BCUT2D eigenvalue weighted by Gasteiger charge is 2.29. The second kappa shape index (κ2) is 6.73. The molecule has 0 N–H and O–H groups in total. The molecule has 1 aliphatic heterocycles. The maximum atomic E-state index is 14.0. The Kier molecular flexibility index (Phi) is 4.41. The van der Waals surface area contributed by atoms with Crippen LogP contribution < -0.4 is 4.90 Å². The maximum absolute atomic E-state index is 14.0. The predicted octanol–water partition coefficient (Wildman–Crippen LogP) is 3.70. The fraction of sp³-hybridized carbons (Fsp3) is 0.353. The molecule has 0 aliphatic carbocycles. The molecule has 9 heteroatoms. The van der Waals surface area contributed by atoms with Crippen molar-refractivity contribution in [2.45, 2.75) is 25.9 Å². The Labute approximate surface area is 151 Å². The monoisotopic (exact) mass is 379 g/mol. The highest BCUT2D eigenvalue weighted by atomic mass is 32.1. The van der Waals surface area contributed by atoms with E-state index in [2.05, 4.69) is 10.1 Å². The SMILES string of the molecule is Cc1cc(C(=O)N(C[C@H]2CCCO2)c2nc3c(F)cc(F)cc3s2)on1. The summed E-state index contributed by atoms with van der Waals surface area (Å²) in [5.74, 6) is -1.83. The van der Waals surface area contributed by atoms with Crippen molar-refractivity contribution >= 4 is 32.6 Å². The molecule has 6 nitrogen and oxygen atoms in total. The second-order valence-electron chi connectivity index (χ2n) is 6.11. The van der Waals surface area contributed by atoms with Crippen LogP contribution in [0.15, 0.2) is 22.7 Å². The number of carbonyl (C=O) groups excluding carboxylic acids is 1. The first-order valence-electron chi connectivity index (χ1n) is 8.13. The molecule has 26 heavy (non-hydrogen) atoms. The molecule has 0 unspecified atom stereocenters. The minimum atomic E-state index is -0.762. The van der Waals surface area contributed by atoms with Crippen LogP contribution in [-0.4, -0.2) is 35.3 Å². The molecule has 1 amide bonds. The van der Waals surface area contributed by atoms with Crippen molar-refractivity contribution in [2.24, 2.45) is 0 Å². The maximum Gasteiger partial charge on any atom is 0.298 e. The van der Waals surface area contributed by atoms with Crippen LogP contribution in [0.5, 0.6) is 0 Å². The molecule has 136 valence electrons. The number of carbonyl (C=O) groups is 1. The second-order valence-corrected chi connectivity index (χ2v) is 7.12. The van der Waals surface area contributed by atoms with Crippen LogP contribution in [0.4, 0.5) is 13.9 Å². The van der Waals surface area contributed by atoms with E-state index in [9.17, 15) is 13.6 Å². The summed E-state index contributed by atoms with van der Waals surface area (Å²) in [5, 5.41) is 4.00. The van der Waals surface area contributed by atoms with Gasteiger partial charge < -0.3 is 9.26 Å². The van der Waals surface area contributed by atoms with E-state index in [0.29, 0.717) is 17.0 Å². The highest BCUT2D eigenvalue weighted by Crippen LogP contribution is 2.32. The number of hydrogen-bond acceptors (Lipinski definition) is 6. The van der Waals surface area contributed by atoms with Crippen molar-refractivity contribution < 1.29 is 22.8 Å². The van der Waals surface area contributed by atoms with Crippen LogP contribution in [0.2, 0.25) is 0 Å². The molecule has 0 spiro atoms. The van der Waals surface area contributed by atoms with E-state index < -0.39 is 17.5 Å². The summed E-state index contributed by atoms with van der Waals surface area (Å²) in [5.41, 5.74) is 0.605. The van der Waals surface area contributed by atoms with Crippen molar-refractivity contribution in [3.8, 4) is 0 Å². The molecule has 0 bridgehead atoms. The first-order chi connectivity index (χ1) is 12.5. The van der Waals surface area contributed by atoms with E-state index in [1.165, 1.54) is 17.0 Å². The number of rotatable bonds is 4. The van der Waals surface area contributed by atoms with Gasteiger partial charge in [0, 0.05) is 18.7 Å². The zero-order chi connectivity index (χ0) is 18.3. The predicted molar refractivity (Wildman–Crippen MR) is 91.4 cm³/mol. The van der Waals surface area contributed by atoms with E-state index in [-0.39, 0.29) is 29.1 Å². The Balaban J connectivity index is 1.74. The largest absolute Gasteiger partial charge is 0.376 e. The van der Waals surface area contributed by atoms with E-state index in [1.54, 1.807) is 6.92 Å². The van der Waals surface area contributed by atoms with Crippen LogP contribution in [0, 0.1) is 18.6 Å². The van der Waals surface area contributed by atoms with Gasteiger partial charge in [0.25, 0.3) is 5.91 Å². The number of aryl methyl sites for hydroxylation is 1. The quantitative estimate of drug-likeness (QED) is 0.691. The summed E-state index contributed by atoms with van der Waals surface area (Å²) in [6, 6.07) is 3.50. The van der Waals surface area contributed by atoms with Crippen LogP contribution >= 0.6 is 11.3 Å². The zero-order valence-corrected chi connectivity index (χ0v) is 14.7. The van der Waals surface area contributed by atoms with Crippen molar-refractivity contribution in [3.63, 3.8) is 0 Å². The lowest BCUT2D eigenvalue weighted by atomic mass is 10.2. The third-order valence-corrected chi connectivity index (χ3v) is 5.15. The molecular formula is C17H15F2N3O3S. The number of amides is 1. The first kappa shape index (κ1) is 17.0. The number of fused-ring (bicyclic) bond motifs is 1. The normalized spacial score (nSPS) is 17.1. The first-order valence-corrected chi connectivity index (χ1v) is 8.95. The molecule has 0 radical (unpaired) electrons. The number of thiazole rings is 1. The van der Waals surface area contributed by atoms with Gasteiger partial charge in [0.15, 0.2) is 10.9 Å². The summed E-state index contributed by atoms with van der Waals surface area (Å²) in [6.45, 7) is 2.59. The minimum absolute atomic E-state index is 0.0327. The summed E-state index contributed by atoms with van der Waals surface area (Å²) >= 11 is 1.04. The molecule has 1 fully saturated rings. The van der Waals surface area contributed by atoms with E-state index in [1.807, 2.05) is 0 Å². The zero-order valence-electron chi connectivity index (χ0n) is 13.9. The van der Waals surface area contributed by atoms with Crippen molar-refractivity contribution in [1.29, 1.82) is 0 Å². The fourth-order valence-electron chi connectivity index (χ4n) is 2.90. The van der Waals surface area contributed by atoms with Gasteiger partial charge in [-0.2, -0.15) is 0 Å². The third-order valence-electron chi connectivity index (χ3n) is 4.13. The summed E-state index contributed by atoms with van der Waals surface area (Å²) in [4.78, 5) is 18.5. The Bertz CT molecular complexity index is 965. The average molecular weight is 379 g/mol. The summed E-state index contributed by atoms with van der Waals surface area (Å²) in [7, 11) is 0. The molecular weight excluding hydrogens is 364 g/mol. The molecule has 3 aromatic rings.